The molecule has 0 aromatic heterocycles. The summed E-state index contributed by atoms with van der Waals surface area (Å²) >= 11 is 0. The van der Waals surface area contributed by atoms with Crippen molar-refractivity contribution >= 4 is 5.69 Å². The zero-order valence-corrected chi connectivity index (χ0v) is 16.7. The Bertz CT molecular complexity index is 869. The van der Waals surface area contributed by atoms with E-state index in [4.69, 9.17) is 0 Å². The first-order chi connectivity index (χ1) is 14.5. The zero-order chi connectivity index (χ0) is 21.3. The van der Waals surface area contributed by atoms with Crippen LogP contribution >= 0.6 is 0 Å². The maximum absolute atomic E-state index is 10.8. The van der Waals surface area contributed by atoms with Crippen molar-refractivity contribution in [1.82, 2.24) is 4.90 Å². The fraction of sp³-hybridized carbons (Fsp3) is 0.250. The summed E-state index contributed by atoms with van der Waals surface area (Å²) in [4.78, 5) is 12.4. The molecule has 0 aliphatic rings. The van der Waals surface area contributed by atoms with E-state index in [1.54, 1.807) is 12.1 Å². The third-order valence-electron chi connectivity index (χ3n) is 5.09. The van der Waals surface area contributed by atoms with E-state index in [2.05, 4.69) is 0 Å². The molecule has 0 aliphatic heterocycles. The lowest BCUT2D eigenvalue weighted by atomic mass is 10.1. The fourth-order valence-electron chi connectivity index (χ4n) is 3.38. The molecule has 0 spiro atoms. The van der Waals surface area contributed by atoms with E-state index in [0.717, 1.165) is 16.7 Å². The van der Waals surface area contributed by atoms with Gasteiger partial charge < -0.3 is 10.2 Å². The Morgan fingerprint density at radius 3 is 1.67 bits per heavy atom. The molecule has 0 saturated carbocycles. The normalized spacial score (nSPS) is 13.2. The van der Waals surface area contributed by atoms with Gasteiger partial charge >= 0.3 is 0 Å². The summed E-state index contributed by atoms with van der Waals surface area (Å²) in [6.45, 7) is 1.35. The summed E-state index contributed by atoms with van der Waals surface area (Å²) in [6, 6.07) is 25.4. The summed E-state index contributed by atoms with van der Waals surface area (Å²) < 4.78 is 0. The number of nitro benzene ring substituents is 1. The average molecular weight is 406 g/mol. The molecular weight excluding hydrogens is 380 g/mol. The van der Waals surface area contributed by atoms with Gasteiger partial charge in [0.1, 0.15) is 0 Å². The minimum Gasteiger partial charge on any atom is -0.387 e. The number of non-ortho nitro benzene ring substituents is 1. The number of nitrogens with zero attached hydrogens (tertiary/aromatic N) is 2. The monoisotopic (exact) mass is 406 g/mol. The van der Waals surface area contributed by atoms with Gasteiger partial charge in [0.25, 0.3) is 5.69 Å². The van der Waals surface area contributed by atoms with Crippen LogP contribution in [0.2, 0.25) is 0 Å². The maximum atomic E-state index is 10.8. The van der Waals surface area contributed by atoms with Gasteiger partial charge in [0.05, 0.1) is 17.1 Å². The van der Waals surface area contributed by atoms with E-state index in [9.17, 15) is 20.3 Å². The van der Waals surface area contributed by atoms with Gasteiger partial charge in [-0.1, -0.05) is 72.8 Å². The fourth-order valence-corrected chi connectivity index (χ4v) is 3.38. The van der Waals surface area contributed by atoms with Gasteiger partial charge in [0, 0.05) is 31.8 Å². The minimum absolute atomic E-state index is 0.0644. The molecule has 3 aromatic carbocycles. The summed E-state index contributed by atoms with van der Waals surface area (Å²) in [7, 11) is 0. The second-order valence-corrected chi connectivity index (χ2v) is 7.29. The smallest absolute Gasteiger partial charge is 0.269 e. The predicted octanol–water partition coefficient (Wildman–Crippen LogP) is 3.91. The number of aliphatic hydroxyl groups excluding tert-OH is 2. The number of rotatable bonds is 10. The predicted molar refractivity (Wildman–Crippen MR) is 116 cm³/mol. The van der Waals surface area contributed by atoms with Crippen LogP contribution in [0.3, 0.4) is 0 Å². The Kier molecular flexibility index (Phi) is 7.68. The van der Waals surface area contributed by atoms with E-state index in [1.807, 2.05) is 65.6 Å². The molecule has 156 valence electrons. The van der Waals surface area contributed by atoms with Gasteiger partial charge in [0.2, 0.25) is 0 Å². The first-order valence-electron chi connectivity index (χ1n) is 9.94. The standard InChI is InChI=1S/C24H26N2O4/c27-23(20-7-3-1-4-8-20)17-25(18-24(28)21-9-5-2-6-10-21)16-15-19-11-13-22(14-12-19)26(29)30/h1-14,23-24,27-28H,15-18H2/t23-,24?/m0/s1. The largest absolute Gasteiger partial charge is 0.387 e. The highest BCUT2D eigenvalue weighted by molar-refractivity contribution is 5.33. The maximum Gasteiger partial charge on any atom is 0.269 e. The van der Waals surface area contributed by atoms with Crippen molar-refractivity contribution in [2.45, 2.75) is 18.6 Å². The van der Waals surface area contributed by atoms with Crippen molar-refractivity contribution in [3.05, 3.63) is 112 Å². The van der Waals surface area contributed by atoms with Crippen molar-refractivity contribution in [2.75, 3.05) is 19.6 Å². The van der Waals surface area contributed by atoms with Crippen LogP contribution in [0.5, 0.6) is 0 Å². The molecule has 6 heteroatoms. The van der Waals surface area contributed by atoms with Crippen LogP contribution in [0.25, 0.3) is 0 Å². The summed E-state index contributed by atoms with van der Waals surface area (Å²) in [5, 5.41) is 32.2. The average Bonchev–Trinajstić information content (AvgIpc) is 2.78. The third-order valence-corrected chi connectivity index (χ3v) is 5.09. The molecule has 0 radical (unpaired) electrons. The van der Waals surface area contributed by atoms with Gasteiger partial charge in [-0.2, -0.15) is 0 Å². The van der Waals surface area contributed by atoms with Gasteiger partial charge in [-0.25, -0.2) is 0 Å². The van der Waals surface area contributed by atoms with Crippen molar-refractivity contribution in [3.8, 4) is 0 Å². The number of nitro groups is 1. The van der Waals surface area contributed by atoms with Crippen LogP contribution in [-0.4, -0.2) is 39.7 Å². The highest BCUT2D eigenvalue weighted by Gasteiger charge is 2.18. The van der Waals surface area contributed by atoms with E-state index < -0.39 is 17.1 Å². The molecule has 0 saturated heterocycles. The zero-order valence-electron chi connectivity index (χ0n) is 16.7. The summed E-state index contributed by atoms with van der Waals surface area (Å²) in [5.74, 6) is 0. The van der Waals surface area contributed by atoms with Gasteiger partial charge in [-0.3, -0.25) is 15.0 Å². The first-order valence-corrected chi connectivity index (χ1v) is 9.94. The molecule has 0 amide bonds. The van der Waals surface area contributed by atoms with E-state index in [-0.39, 0.29) is 5.69 Å². The number of hydrogen-bond acceptors (Lipinski definition) is 5. The quantitative estimate of drug-likeness (QED) is 0.394. The molecule has 0 bridgehead atoms. The van der Waals surface area contributed by atoms with Crippen LogP contribution in [0.1, 0.15) is 28.9 Å². The van der Waals surface area contributed by atoms with Crippen LogP contribution in [0.15, 0.2) is 84.9 Å². The second-order valence-electron chi connectivity index (χ2n) is 7.29. The molecule has 2 N–H and O–H groups in total. The van der Waals surface area contributed by atoms with Crippen LogP contribution in [0, 0.1) is 10.1 Å². The lowest BCUT2D eigenvalue weighted by Crippen LogP contribution is -2.34. The molecule has 3 rings (SSSR count). The van der Waals surface area contributed by atoms with Crippen LogP contribution in [-0.2, 0) is 6.42 Å². The molecule has 0 aliphatic carbocycles. The van der Waals surface area contributed by atoms with Crippen molar-refractivity contribution in [1.29, 1.82) is 0 Å². The number of benzene rings is 3. The SMILES string of the molecule is O=[N+]([O-])c1ccc(CCN(CC(O)c2ccccc2)C[C@H](O)c2ccccc2)cc1. The van der Waals surface area contributed by atoms with Crippen molar-refractivity contribution in [2.24, 2.45) is 0 Å². The molecule has 2 atom stereocenters. The number of hydrogen-bond donors (Lipinski definition) is 2. The number of aliphatic hydroxyl groups is 2. The molecule has 1 unspecified atom stereocenters. The summed E-state index contributed by atoms with van der Waals surface area (Å²) in [5.41, 5.74) is 2.68. The molecular formula is C24H26N2O4. The van der Waals surface area contributed by atoms with E-state index in [0.29, 0.717) is 26.1 Å². The van der Waals surface area contributed by atoms with Crippen LogP contribution < -0.4 is 0 Å². The van der Waals surface area contributed by atoms with Crippen LogP contribution in [0.4, 0.5) is 5.69 Å². The Morgan fingerprint density at radius 2 is 1.23 bits per heavy atom. The topological polar surface area (TPSA) is 86.8 Å². The Labute approximate surface area is 176 Å². The molecule has 0 heterocycles. The first kappa shape index (κ1) is 21.6. The van der Waals surface area contributed by atoms with Gasteiger partial charge in [0.15, 0.2) is 0 Å². The Balaban J connectivity index is 1.68. The van der Waals surface area contributed by atoms with E-state index in [1.165, 1.54) is 12.1 Å². The molecule has 6 nitrogen and oxygen atoms in total. The second kappa shape index (κ2) is 10.6. The van der Waals surface area contributed by atoms with Gasteiger partial charge in [-0.15, -0.1) is 0 Å². The third kappa shape index (κ3) is 6.22. The molecule has 3 aromatic rings. The lowest BCUT2D eigenvalue weighted by Gasteiger charge is -2.27. The van der Waals surface area contributed by atoms with Gasteiger partial charge in [-0.05, 0) is 23.1 Å². The van der Waals surface area contributed by atoms with E-state index >= 15 is 0 Å². The van der Waals surface area contributed by atoms with Crippen molar-refractivity contribution < 1.29 is 15.1 Å². The molecule has 30 heavy (non-hydrogen) atoms. The lowest BCUT2D eigenvalue weighted by molar-refractivity contribution is -0.384. The van der Waals surface area contributed by atoms with Crippen molar-refractivity contribution in [3.63, 3.8) is 0 Å². The highest BCUT2D eigenvalue weighted by atomic mass is 16.6. The summed E-state index contributed by atoms with van der Waals surface area (Å²) in [6.07, 6.45) is -0.696. The highest BCUT2D eigenvalue weighted by Crippen LogP contribution is 2.19. The molecule has 0 fully saturated rings. The minimum atomic E-state index is -0.675. The Morgan fingerprint density at radius 1 is 0.767 bits per heavy atom. The Hall–Kier alpha value is -3.06.